The first-order chi connectivity index (χ1) is 9.52. The lowest BCUT2D eigenvalue weighted by atomic mass is 10.2. The summed E-state index contributed by atoms with van der Waals surface area (Å²) in [7, 11) is 0. The van der Waals surface area contributed by atoms with Crippen LogP contribution in [-0.2, 0) is 0 Å². The minimum absolute atomic E-state index is 0.106. The summed E-state index contributed by atoms with van der Waals surface area (Å²) < 4.78 is 5.50. The zero-order chi connectivity index (χ0) is 14.7. The zero-order valence-corrected chi connectivity index (χ0v) is 12.1. The average molecular weight is 333 g/mol. The molecule has 0 fully saturated rings. The molecule has 1 heterocycles. The first-order valence-corrected chi connectivity index (χ1v) is 6.41. The van der Waals surface area contributed by atoms with Crippen LogP contribution in [0.5, 0.6) is 11.6 Å². The molecule has 0 aliphatic rings. The molecule has 0 saturated heterocycles. The van der Waals surface area contributed by atoms with Gasteiger partial charge in [0.2, 0.25) is 5.88 Å². The molecule has 8 heteroatoms. The molecule has 20 heavy (non-hydrogen) atoms. The van der Waals surface area contributed by atoms with E-state index in [2.05, 4.69) is 10.1 Å². The Hall–Kier alpha value is -1.69. The number of oxime groups is 1. The van der Waals surface area contributed by atoms with Crippen LogP contribution in [0.15, 0.2) is 35.6 Å². The van der Waals surface area contributed by atoms with Crippen LogP contribution in [0, 0.1) is 0 Å². The Labute approximate surface area is 129 Å². The molecule has 2 aromatic rings. The predicted molar refractivity (Wildman–Crippen MR) is 78.3 cm³/mol. The Kier molecular flexibility index (Phi) is 4.54. The summed E-state index contributed by atoms with van der Waals surface area (Å²) in [4.78, 5) is 3.98. The van der Waals surface area contributed by atoms with Gasteiger partial charge >= 0.3 is 0 Å². The first-order valence-electron chi connectivity index (χ1n) is 5.28. The fourth-order valence-electron chi connectivity index (χ4n) is 1.40. The van der Waals surface area contributed by atoms with Crippen molar-refractivity contribution < 1.29 is 9.94 Å². The molecule has 3 N–H and O–H groups in total. The lowest BCUT2D eigenvalue weighted by Gasteiger charge is -2.09. The zero-order valence-electron chi connectivity index (χ0n) is 9.85. The molecule has 0 atom stereocenters. The van der Waals surface area contributed by atoms with Gasteiger partial charge in [-0.25, -0.2) is 4.98 Å². The lowest BCUT2D eigenvalue weighted by Crippen LogP contribution is -2.14. The first kappa shape index (κ1) is 14.7. The highest BCUT2D eigenvalue weighted by Crippen LogP contribution is 2.32. The maximum absolute atomic E-state index is 8.67. The van der Waals surface area contributed by atoms with Crippen molar-refractivity contribution in [3.8, 4) is 11.6 Å². The third-order valence-corrected chi connectivity index (χ3v) is 3.45. The van der Waals surface area contributed by atoms with Gasteiger partial charge in [-0.05, 0) is 18.2 Å². The summed E-state index contributed by atoms with van der Waals surface area (Å²) in [5.41, 5.74) is 5.80. The quantitative estimate of drug-likeness (QED) is 0.386. The number of benzene rings is 1. The Morgan fingerprint density at radius 2 is 1.95 bits per heavy atom. The van der Waals surface area contributed by atoms with Crippen molar-refractivity contribution in [1.29, 1.82) is 0 Å². The maximum Gasteiger partial charge on any atom is 0.238 e. The van der Waals surface area contributed by atoms with Crippen LogP contribution in [0.3, 0.4) is 0 Å². The minimum Gasteiger partial charge on any atom is -0.437 e. The number of aromatic nitrogens is 1. The molecule has 0 amide bonds. The Bertz CT molecular complexity index is 677. The van der Waals surface area contributed by atoms with E-state index in [9.17, 15) is 0 Å². The van der Waals surface area contributed by atoms with E-state index in [-0.39, 0.29) is 16.7 Å². The molecule has 0 aliphatic carbocycles. The van der Waals surface area contributed by atoms with Gasteiger partial charge in [0.25, 0.3) is 0 Å². The number of hydrogen-bond acceptors (Lipinski definition) is 4. The molecule has 0 unspecified atom stereocenters. The molecule has 0 radical (unpaired) electrons. The molecular formula is C12H8Cl3N3O2. The van der Waals surface area contributed by atoms with Gasteiger partial charge in [-0.2, -0.15) is 0 Å². The fraction of sp³-hybridized carbons (Fsp3) is 0. The van der Waals surface area contributed by atoms with Crippen molar-refractivity contribution in [2.24, 2.45) is 10.9 Å². The van der Waals surface area contributed by atoms with Crippen molar-refractivity contribution in [1.82, 2.24) is 4.98 Å². The van der Waals surface area contributed by atoms with Gasteiger partial charge in [0.05, 0.1) is 10.0 Å². The summed E-state index contributed by atoms with van der Waals surface area (Å²) in [5, 5.41) is 12.4. The summed E-state index contributed by atoms with van der Waals surface area (Å²) in [6, 6.07) is 6.22. The van der Waals surface area contributed by atoms with Gasteiger partial charge < -0.3 is 15.7 Å². The topological polar surface area (TPSA) is 80.7 Å². The Morgan fingerprint density at radius 3 is 2.60 bits per heavy atom. The van der Waals surface area contributed by atoms with E-state index in [0.29, 0.717) is 21.4 Å². The molecule has 0 aliphatic heterocycles. The monoisotopic (exact) mass is 331 g/mol. The summed E-state index contributed by atoms with van der Waals surface area (Å²) in [6.07, 6.45) is 1.42. The number of hydrogen-bond donors (Lipinski definition) is 2. The SMILES string of the molecule is N/C(=N/O)c1ccnc(Oc2ccc(Cl)c(Cl)c2)c1Cl. The molecular weight excluding hydrogens is 325 g/mol. The van der Waals surface area contributed by atoms with Crippen LogP contribution in [0.25, 0.3) is 0 Å². The van der Waals surface area contributed by atoms with E-state index in [1.807, 2.05) is 0 Å². The number of pyridine rings is 1. The van der Waals surface area contributed by atoms with E-state index >= 15 is 0 Å². The smallest absolute Gasteiger partial charge is 0.238 e. The number of ether oxygens (including phenoxy) is 1. The third kappa shape index (κ3) is 3.07. The van der Waals surface area contributed by atoms with Gasteiger partial charge in [0, 0.05) is 17.8 Å². The maximum atomic E-state index is 8.67. The molecule has 5 nitrogen and oxygen atoms in total. The third-order valence-electron chi connectivity index (χ3n) is 2.35. The van der Waals surface area contributed by atoms with E-state index in [0.717, 1.165) is 0 Å². The number of halogens is 3. The normalized spacial score (nSPS) is 11.4. The number of rotatable bonds is 3. The van der Waals surface area contributed by atoms with Crippen molar-refractivity contribution in [2.45, 2.75) is 0 Å². The predicted octanol–water partition coefficient (Wildman–Crippen LogP) is 3.93. The van der Waals surface area contributed by atoms with E-state index in [1.165, 1.54) is 18.3 Å². The average Bonchev–Trinajstić information content (AvgIpc) is 2.44. The van der Waals surface area contributed by atoms with Gasteiger partial charge in [-0.1, -0.05) is 40.0 Å². The standard InChI is InChI=1S/C12H8Cl3N3O2/c13-8-2-1-6(5-9(8)14)20-12-10(15)7(3-4-17-12)11(16)18-19/h1-5,19H,(H2,16,18). The van der Waals surface area contributed by atoms with Gasteiger partial charge in [-0.15, -0.1) is 0 Å². The lowest BCUT2D eigenvalue weighted by molar-refractivity contribution is 0.318. The van der Waals surface area contributed by atoms with Crippen molar-refractivity contribution in [3.63, 3.8) is 0 Å². The van der Waals surface area contributed by atoms with E-state index in [1.54, 1.807) is 12.1 Å². The van der Waals surface area contributed by atoms with Crippen LogP contribution in [-0.4, -0.2) is 16.0 Å². The second-order valence-corrected chi connectivity index (χ2v) is 4.83. The Balaban J connectivity index is 2.36. The molecule has 0 spiro atoms. The number of nitrogens with two attached hydrogens (primary N) is 1. The highest BCUT2D eigenvalue weighted by Gasteiger charge is 2.13. The van der Waals surface area contributed by atoms with Crippen molar-refractivity contribution >= 4 is 40.6 Å². The van der Waals surface area contributed by atoms with Crippen LogP contribution in [0.4, 0.5) is 0 Å². The van der Waals surface area contributed by atoms with Gasteiger partial charge in [-0.3, -0.25) is 0 Å². The van der Waals surface area contributed by atoms with E-state index in [4.69, 9.17) is 50.5 Å². The van der Waals surface area contributed by atoms with Crippen LogP contribution in [0.1, 0.15) is 5.56 Å². The highest BCUT2D eigenvalue weighted by molar-refractivity contribution is 6.42. The highest BCUT2D eigenvalue weighted by atomic mass is 35.5. The number of nitrogens with zero attached hydrogens (tertiary/aromatic N) is 2. The summed E-state index contributed by atoms with van der Waals surface area (Å²) in [5.74, 6) is 0.371. The molecule has 2 rings (SSSR count). The molecule has 0 bridgehead atoms. The molecule has 0 saturated carbocycles. The number of amidine groups is 1. The fourth-order valence-corrected chi connectivity index (χ4v) is 1.93. The second-order valence-electron chi connectivity index (χ2n) is 3.64. The summed E-state index contributed by atoms with van der Waals surface area (Å²) in [6.45, 7) is 0. The van der Waals surface area contributed by atoms with Crippen molar-refractivity contribution in [3.05, 3.63) is 51.1 Å². The largest absolute Gasteiger partial charge is 0.437 e. The second kappa shape index (κ2) is 6.17. The summed E-state index contributed by atoms with van der Waals surface area (Å²) >= 11 is 17.8. The van der Waals surface area contributed by atoms with Gasteiger partial charge in [0.15, 0.2) is 5.84 Å². The molecule has 104 valence electrons. The van der Waals surface area contributed by atoms with Crippen LogP contribution < -0.4 is 10.5 Å². The van der Waals surface area contributed by atoms with Crippen LogP contribution >= 0.6 is 34.8 Å². The Morgan fingerprint density at radius 1 is 1.20 bits per heavy atom. The van der Waals surface area contributed by atoms with Crippen molar-refractivity contribution in [2.75, 3.05) is 0 Å². The van der Waals surface area contributed by atoms with E-state index < -0.39 is 0 Å². The van der Waals surface area contributed by atoms with Gasteiger partial charge in [0.1, 0.15) is 10.8 Å². The van der Waals surface area contributed by atoms with Crippen LogP contribution in [0.2, 0.25) is 15.1 Å². The minimum atomic E-state index is -0.142. The molecule has 1 aromatic carbocycles. The molecule has 1 aromatic heterocycles.